The molecule has 1 saturated heterocycles. The first-order valence-corrected chi connectivity index (χ1v) is 11.2. The van der Waals surface area contributed by atoms with Gasteiger partial charge >= 0.3 is 0 Å². The van der Waals surface area contributed by atoms with Crippen molar-refractivity contribution in [3.05, 3.63) is 89.2 Å². The highest BCUT2D eigenvalue weighted by Crippen LogP contribution is 2.37. The van der Waals surface area contributed by atoms with Gasteiger partial charge in [0.05, 0.1) is 29.9 Å². The number of carbonyl (C=O) groups is 1. The van der Waals surface area contributed by atoms with E-state index in [1.165, 1.54) is 0 Å². The molecule has 1 fully saturated rings. The Hall–Kier alpha value is -3.31. The maximum Gasteiger partial charge on any atom is 0.227 e. The normalized spacial score (nSPS) is 16.1. The zero-order chi connectivity index (χ0) is 22.1. The summed E-state index contributed by atoms with van der Waals surface area (Å²) in [7, 11) is 0. The number of amides is 1. The van der Waals surface area contributed by atoms with E-state index in [-0.39, 0.29) is 11.8 Å². The summed E-state index contributed by atoms with van der Waals surface area (Å²) in [6.45, 7) is 3.67. The van der Waals surface area contributed by atoms with Crippen LogP contribution >= 0.6 is 11.6 Å². The van der Waals surface area contributed by atoms with Crippen LogP contribution in [0.25, 0.3) is 11.0 Å². The van der Waals surface area contributed by atoms with E-state index in [0.717, 1.165) is 38.9 Å². The predicted molar refractivity (Wildman–Crippen MR) is 128 cm³/mol. The minimum atomic E-state index is -0.0212. The highest BCUT2D eigenvalue weighted by Gasteiger charge is 2.36. The Morgan fingerprint density at radius 3 is 2.62 bits per heavy atom. The van der Waals surface area contributed by atoms with Crippen molar-refractivity contribution in [2.45, 2.75) is 25.8 Å². The third-order valence-corrected chi connectivity index (χ3v) is 6.29. The lowest BCUT2D eigenvalue weighted by Crippen LogP contribution is -2.25. The van der Waals surface area contributed by atoms with Gasteiger partial charge in [-0.3, -0.25) is 4.79 Å². The number of fused-ring (bicyclic) bond motifs is 1. The first-order valence-electron chi connectivity index (χ1n) is 10.9. The number of hydrogen-bond acceptors (Lipinski definition) is 3. The zero-order valence-electron chi connectivity index (χ0n) is 17.9. The van der Waals surface area contributed by atoms with Gasteiger partial charge in [-0.2, -0.15) is 0 Å². The van der Waals surface area contributed by atoms with Crippen LogP contribution < -0.4 is 9.64 Å². The Labute approximate surface area is 192 Å². The fourth-order valence-corrected chi connectivity index (χ4v) is 4.64. The molecule has 5 nitrogen and oxygen atoms in total. The van der Waals surface area contributed by atoms with E-state index in [0.29, 0.717) is 26.1 Å². The molecule has 0 N–H and O–H groups in total. The maximum atomic E-state index is 13.1. The van der Waals surface area contributed by atoms with Gasteiger partial charge < -0.3 is 14.2 Å². The molecule has 5 rings (SSSR count). The lowest BCUT2D eigenvalue weighted by atomic mass is 10.1. The summed E-state index contributed by atoms with van der Waals surface area (Å²) in [5.74, 6) is 1.70. The fraction of sp³-hybridized carbons (Fsp3) is 0.231. The number of carbonyl (C=O) groups excluding carboxylic acids is 1. The van der Waals surface area contributed by atoms with Crippen LogP contribution in [0.2, 0.25) is 5.02 Å². The highest BCUT2D eigenvalue weighted by molar-refractivity contribution is 6.31. The first kappa shape index (κ1) is 20.6. The smallest absolute Gasteiger partial charge is 0.227 e. The van der Waals surface area contributed by atoms with Gasteiger partial charge in [0.1, 0.15) is 11.6 Å². The molecule has 3 aromatic carbocycles. The second kappa shape index (κ2) is 8.67. The van der Waals surface area contributed by atoms with E-state index < -0.39 is 0 Å². The van der Waals surface area contributed by atoms with Crippen LogP contribution in [0.3, 0.4) is 0 Å². The molecular formula is C26H24ClN3O2. The van der Waals surface area contributed by atoms with Crippen LogP contribution in [-0.2, 0) is 11.3 Å². The molecule has 162 valence electrons. The number of hydrogen-bond donors (Lipinski definition) is 0. The predicted octanol–water partition coefficient (Wildman–Crippen LogP) is 5.66. The molecule has 0 saturated carbocycles. The second-order valence-electron chi connectivity index (χ2n) is 7.94. The molecule has 0 unspecified atom stereocenters. The van der Waals surface area contributed by atoms with Gasteiger partial charge in [0, 0.05) is 23.9 Å². The standard InChI is InChI=1S/C26H24ClN3O2/c1-2-32-24-14-8-7-13-23(24)29-17-19(15-25(29)31)26-28-21-11-5-6-12-22(21)30(26)16-18-9-3-4-10-20(18)27/h3-14,19H,2,15-17H2,1H3/t19-/m0/s1. The zero-order valence-corrected chi connectivity index (χ0v) is 18.6. The summed E-state index contributed by atoms with van der Waals surface area (Å²) in [6.07, 6.45) is 0.409. The molecule has 1 atom stereocenters. The van der Waals surface area contributed by atoms with E-state index in [1.54, 1.807) is 0 Å². The van der Waals surface area contributed by atoms with Gasteiger partial charge in [-0.1, -0.05) is 54.1 Å². The van der Waals surface area contributed by atoms with Crippen LogP contribution in [0.4, 0.5) is 5.69 Å². The lowest BCUT2D eigenvalue weighted by molar-refractivity contribution is -0.117. The maximum absolute atomic E-state index is 13.1. The molecule has 32 heavy (non-hydrogen) atoms. The van der Waals surface area contributed by atoms with Crippen molar-refractivity contribution in [1.82, 2.24) is 9.55 Å². The van der Waals surface area contributed by atoms with Crippen molar-refractivity contribution in [1.29, 1.82) is 0 Å². The molecule has 0 bridgehead atoms. The molecule has 1 amide bonds. The average Bonchev–Trinajstić information content (AvgIpc) is 3.36. The van der Waals surface area contributed by atoms with Crippen molar-refractivity contribution in [2.75, 3.05) is 18.1 Å². The molecule has 2 heterocycles. The van der Waals surface area contributed by atoms with Crippen LogP contribution in [0.15, 0.2) is 72.8 Å². The topological polar surface area (TPSA) is 47.4 Å². The van der Waals surface area contributed by atoms with Crippen molar-refractivity contribution in [3.8, 4) is 5.75 Å². The van der Waals surface area contributed by atoms with Gasteiger partial charge in [-0.15, -0.1) is 0 Å². The Morgan fingerprint density at radius 1 is 1.03 bits per heavy atom. The third kappa shape index (κ3) is 3.73. The van der Waals surface area contributed by atoms with Crippen molar-refractivity contribution >= 4 is 34.2 Å². The molecular weight excluding hydrogens is 422 g/mol. The number of anilines is 1. The Bertz CT molecular complexity index is 1280. The van der Waals surface area contributed by atoms with Gasteiger partial charge in [0.25, 0.3) is 0 Å². The number of imidazole rings is 1. The molecule has 1 aliphatic rings. The lowest BCUT2D eigenvalue weighted by Gasteiger charge is -2.20. The highest BCUT2D eigenvalue weighted by atomic mass is 35.5. The Morgan fingerprint density at radius 2 is 1.78 bits per heavy atom. The SMILES string of the molecule is CCOc1ccccc1N1C[C@@H](c2nc3ccccc3n2Cc2ccccc2Cl)CC1=O. The largest absolute Gasteiger partial charge is 0.492 e. The number of nitrogens with zero attached hydrogens (tertiary/aromatic N) is 3. The summed E-state index contributed by atoms with van der Waals surface area (Å²) in [5.41, 5.74) is 3.82. The minimum absolute atomic E-state index is 0.0212. The summed E-state index contributed by atoms with van der Waals surface area (Å²) < 4.78 is 7.97. The molecule has 0 spiro atoms. The minimum Gasteiger partial charge on any atom is -0.492 e. The molecule has 0 radical (unpaired) electrons. The fourth-order valence-electron chi connectivity index (χ4n) is 4.44. The van der Waals surface area contributed by atoms with Crippen LogP contribution in [0, 0.1) is 0 Å². The molecule has 1 aromatic heterocycles. The quantitative estimate of drug-likeness (QED) is 0.385. The van der Waals surface area contributed by atoms with Crippen LogP contribution in [-0.4, -0.2) is 28.6 Å². The summed E-state index contributed by atoms with van der Waals surface area (Å²) >= 11 is 6.47. The van der Waals surface area contributed by atoms with Gasteiger partial charge in [0.15, 0.2) is 0 Å². The number of halogens is 1. The van der Waals surface area contributed by atoms with Crippen molar-refractivity contribution in [2.24, 2.45) is 0 Å². The summed E-state index contributed by atoms with van der Waals surface area (Å²) in [5, 5.41) is 0.728. The Kier molecular flexibility index (Phi) is 5.58. The van der Waals surface area contributed by atoms with E-state index >= 15 is 0 Å². The first-order chi connectivity index (χ1) is 15.7. The van der Waals surface area contributed by atoms with Gasteiger partial charge in [-0.25, -0.2) is 4.98 Å². The van der Waals surface area contributed by atoms with E-state index in [9.17, 15) is 4.79 Å². The van der Waals surface area contributed by atoms with E-state index in [4.69, 9.17) is 21.3 Å². The van der Waals surface area contributed by atoms with Gasteiger partial charge in [0.2, 0.25) is 5.91 Å². The molecule has 1 aliphatic heterocycles. The summed E-state index contributed by atoms with van der Waals surface area (Å²) in [4.78, 5) is 19.8. The van der Waals surface area contributed by atoms with Crippen LogP contribution in [0.1, 0.15) is 30.7 Å². The second-order valence-corrected chi connectivity index (χ2v) is 8.35. The third-order valence-electron chi connectivity index (χ3n) is 5.92. The molecule has 6 heteroatoms. The van der Waals surface area contributed by atoms with Gasteiger partial charge in [-0.05, 0) is 42.8 Å². The number of ether oxygens (including phenoxy) is 1. The van der Waals surface area contributed by atoms with Crippen LogP contribution in [0.5, 0.6) is 5.75 Å². The van der Waals surface area contributed by atoms with Crippen molar-refractivity contribution < 1.29 is 9.53 Å². The van der Waals surface area contributed by atoms with E-state index in [2.05, 4.69) is 10.6 Å². The number of rotatable bonds is 6. The number of aromatic nitrogens is 2. The average molecular weight is 446 g/mol. The number of benzene rings is 3. The summed E-state index contributed by atoms with van der Waals surface area (Å²) in [6, 6.07) is 23.7. The van der Waals surface area contributed by atoms with Crippen molar-refractivity contribution in [3.63, 3.8) is 0 Å². The Balaban J connectivity index is 1.53. The molecule has 0 aliphatic carbocycles. The van der Waals surface area contributed by atoms with E-state index in [1.807, 2.05) is 78.6 Å². The number of para-hydroxylation sites is 4. The monoisotopic (exact) mass is 445 g/mol. The molecule has 4 aromatic rings.